The lowest BCUT2D eigenvalue weighted by atomic mass is 10.1. The van der Waals surface area contributed by atoms with E-state index in [1.165, 1.54) is 28.6 Å². The standard InChI is InChI=1S/C12H17FN4O3S/c13-9-1-3-10(4-2-9)15-12(18)16-11-5-7-17(8-6-11)21(14,19)20/h1-4,11H,5-8H2,(H2,14,19,20)(H2,15,16,18). The molecule has 1 fully saturated rings. The highest BCUT2D eigenvalue weighted by atomic mass is 32.2. The maximum Gasteiger partial charge on any atom is 0.319 e. The molecule has 7 nitrogen and oxygen atoms in total. The number of carbonyl (C=O) groups excluding carboxylic acids is 1. The van der Waals surface area contributed by atoms with Gasteiger partial charge in [0.05, 0.1) is 0 Å². The number of halogens is 1. The molecule has 0 unspecified atom stereocenters. The zero-order valence-electron chi connectivity index (χ0n) is 11.3. The molecule has 1 saturated heterocycles. The molecule has 2 rings (SSSR count). The second-order valence-electron chi connectivity index (χ2n) is 4.82. The SMILES string of the molecule is NS(=O)(=O)N1CCC(NC(=O)Nc2ccc(F)cc2)CC1. The minimum Gasteiger partial charge on any atom is -0.335 e. The quantitative estimate of drug-likeness (QED) is 0.761. The maximum absolute atomic E-state index is 12.7. The average Bonchev–Trinajstić information content (AvgIpc) is 2.41. The number of benzene rings is 1. The summed E-state index contributed by atoms with van der Waals surface area (Å²) in [7, 11) is -3.66. The average molecular weight is 316 g/mol. The number of hydrogen-bond acceptors (Lipinski definition) is 3. The lowest BCUT2D eigenvalue weighted by Crippen LogP contribution is -2.49. The van der Waals surface area contributed by atoms with Crippen LogP contribution in [0.25, 0.3) is 0 Å². The van der Waals surface area contributed by atoms with Crippen molar-refractivity contribution in [1.29, 1.82) is 0 Å². The van der Waals surface area contributed by atoms with Crippen LogP contribution in [0, 0.1) is 5.82 Å². The number of rotatable bonds is 3. The molecular formula is C12H17FN4O3S. The second kappa shape index (κ2) is 6.37. The normalized spacial score (nSPS) is 17.4. The molecule has 0 aliphatic carbocycles. The predicted octanol–water partition coefficient (Wildman–Crippen LogP) is 0.615. The number of carbonyl (C=O) groups is 1. The van der Waals surface area contributed by atoms with Gasteiger partial charge in [0.1, 0.15) is 5.82 Å². The number of nitrogens with one attached hydrogen (secondary N) is 2. The van der Waals surface area contributed by atoms with Crippen molar-refractivity contribution in [1.82, 2.24) is 9.62 Å². The Morgan fingerprint density at radius 1 is 1.24 bits per heavy atom. The van der Waals surface area contributed by atoms with Crippen LogP contribution in [-0.2, 0) is 10.2 Å². The van der Waals surface area contributed by atoms with E-state index in [0.29, 0.717) is 18.5 Å². The molecule has 116 valence electrons. The number of nitrogens with zero attached hydrogens (tertiary/aromatic N) is 1. The number of anilines is 1. The van der Waals surface area contributed by atoms with E-state index in [-0.39, 0.29) is 24.9 Å². The van der Waals surface area contributed by atoms with Crippen LogP contribution >= 0.6 is 0 Å². The Bertz CT molecular complexity index is 597. The molecule has 0 aromatic heterocycles. The van der Waals surface area contributed by atoms with Crippen LogP contribution in [0.4, 0.5) is 14.9 Å². The van der Waals surface area contributed by atoms with Gasteiger partial charge in [-0.25, -0.2) is 14.3 Å². The molecule has 1 heterocycles. The third-order valence-electron chi connectivity index (χ3n) is 3.25. The third-order valence-corrected chi connectivity index (χ3v) is 4.34. The Kier molecular flexibility index (Phi) is 4.76. The first-order valence-corrected chi connectivity index (χ1v) is 7.96. The van der Waals surface area contributed by atoms with E-state index in [4.69, 9.17) is 5.14 Å². The number of nitrogens with two attached hydrogens (primary N) is 1. The molecule has 4 N–H and O–H groups in total. The first kappa shape index (κ1) is 15.7. The highest BCUT2D eigenvalue weighted by molar-refractivity contribution is 7.86. The molecular weight excluding hydrogens is 299 g/mol. The molecule has 0 spiro atoms. The molecule has 9 heteroatoms. The van der Waals surface area contributed by atoms with E-state index in [2.05, 4.69) is 10.6 Å². The van der Waals surface area contributed by atoms with Crippen molar-refractivity contribution in [2.24, 2.45) is 5.14 Å². The lowest BCUT2D eigenvalue weighted by Gasteiger charge is -2.30. The number of amides is 2. The molecule has 0 saturated carbocycles. The zero-order valence-corrected chi connectivity index (χ0v) is 12.1. The van der Waals surface area contributed by atoms with Crippen LogP contribution in [0.15, 0.2) is 24.3 Å². The van der Waals surface area contributed by atoms with Crippen LogP contribution in [0.5, 0.6) is 0 Å². The first-order chi connectivity index (χ1) is 9.84. The fourth-order valence-electron chi connectivity index (χ4n) is 2.14. The van der Waals surface area contributed by atoms with Gasteiger partial charge in [0.2, 0.25) is 0 Å². The van der Waals surface area contributed by atoms with Crippen LogP contribution in [0.2, 0.25) is 0 Å². The van der Waals surface area contributed by atoms with Crippen LogP contribution in [0.3, 0.4) is 0 Å². The van der Waals surface area contributed by atoms with Gasteiger partial charge in [-0.15, -0.1) is 0 Å². The Morgan fingerprint density at radius 3 is 2.33 bits per heavy atom. The van der Waals surface area contributed by atoms with Crippen molar-refractivity contribution in [3.8, 4) is 0 Å². The van der Waals surface area contributed by atoms with E-state index in [1.54, 1.807) is 0 Å². The second-order valence-corrected chi connectivity index (χ2v) is 6.37. The van der Waals surface area contributed by atoms with Gasteiger partial charge in [-0.05, 0) is 37.1 Å². The number of hydrogen-bond donors (Lipinski definition) is 3. The van der Waals surface area contributed by atoms with Crippen molar-refractivity contribution in [2.45, 2.75) is 18.9 Å². The summed E-state index contributed by atoms with van der Waals surface area (Å²) in [5, 5.41) is 10.4. The fraction of sp³-hybridized carbons (Fsp3) is 0.417. The summed E-state index contributed by atoms with van der Waals surface area (Å²) < 4.78 is 36.2. The van der Waals surface area contributed by atoms with Crippen LogP contribution in [0.1, 0.15) is 12.8 Å². The summed E-state index contributed by atoms with van der Waals surface area (Å²) in [6.07, 6.45) is 0.987. The van der Waals surface area contributed by atoms with Gasteiger partial charge < -0.3 is 10.6 Å². The third kappa shape index (κ3) is 4.66. The summed E-state index contributed by atoms with van der Waals surface area (Å²) in [5.41, 5.74) is 0.482. The van der Waals surface area contributed by atoms with Gasteiger partial charge in [0, 0.05) is 24.8 Å². The summed E-state index contributed by atoms with van der Waals surface area (Å²) in [6.45, 7) is 0.556. The highest BCUT2D eigenvalue weighted by Gasteiger charge is 2.26. The molecule has 0 bridgehead atoms. The molecule has 21 heavy (non-hydrogen) atoms. The molecule has 1 aliphatic rings. The van der Waals surface area contributed by atoms with E-state index in [0.717, 1.165) is 0 Å². The van der Waals surface area contributed by atoms with Gasteiger partial charge in [-0.3, -0.25) is 0 Å². The molecule has 1 aromatic carbocycles. The molecule has 2 amide bonds. The molecule has 0 radical (unpaired) electrons. The minimum atomic E-state index is -3.66. The zero-order chi connectivity index (χ0) is 15.5. The van der Waals surface area contributed by atoms with Crippen molar-refractivity contribution in [2.75, 3.05) is 18.4 Å². The van der Waals surface area contributed by atoms with Crippen molar-refractivity contribution >= 4 is 21.9 Å². The fourth-order valence-corrected chi connectivity index (χ4v) is 2.86. The number of urea groups is 1. The van der Waals surface area contributed by atoms with Gasteiger partial charge in [0.25, 0.3) is 10.2 Å². The predicted molar refractivity (Wildman–Crippen MR) is 76.3 cm³/mol. The van der Waals surface area contributed by atoms with E-state index >= 15 is 0 Å². The Hall–Kier alpha value is -1.71. The molecule has 1 aromatic rings. The summed E-state index contributed by atoms with van der Waals surface area (Å²) in [6, 6.07) is 4.89. The largest absolute Gasteiger partial charge is 0.335 e. The van der Waals surface area contributed by atoms with Gasteiger partial charge in [-0.2, -0.15) is 12.7 Å². The summed E-state index contributed by atoms with van der Waals surface area (Å²) in [5.74, 6) is -0.378. The monoisotopic (exact) mass is 316 g/mol. The van der Waals surface area contributed by atoms with Crippen molar-refractivity contribution in [3.05, 3.63) is 30.1 Å². The maximum atomic E-state index is 12.7. The van der Waals surface area contributed by atoms with Gasteiger partial charge in [-0.1, -0.05) is 0 Å². The smallest absolute Gasteiger partial charge is 0.319 e. The summed E-state index contributed by atoms with van der Waals surface area (Å²) >= 11 is 0. The van der Waals surface area contributed by atoms with E-state index < -0.39 is 16.2 Å². The number of piperidine rings is 1. The summed E-state index contributed by atoms with van der Waals surface area (Å²) in [4.78, 5) is 11.8. The van der Waals surface area contributed by atoms with E-state index in [9.17, 15) is 17.6 Å². The van der Waals surface area contributed by atoms with Crippen molar-refractivity contribution in [3.63, 3.8) is 0 Å². The van der Waals surface area contributed by atoms with E-state index in [1.807, 2.05) is 0 Å². The Morgan fingerprint density at radius 2 is 1.81 bits per heavy atom. The first-order valence-electron chi connectivity index (χ1n) is 6.45. The van der Waals surface area contributed by atoms with Crippen molar-refractivity contribution < 1.29 is 17.6 Å². The highest BCUT2D eigenvalue weighted by Crippen LogP contribution is 2.13. The molecule has 0 atom stereocenters. The lowest BCUT2D eigenvalue weighted by molar-refractivity contribution is 0.238. The minimum absolute atomic E-state index is 0.122. The topological polar surface area (TPSA) is 105 Å². The van der Waals surface area contributed by atoms with Crippen LogP contribution < -0.4 is 15.8 Å². The Balaban J connectivity index is 1.80. The van der Waals surface area contributed by atoms with Crippen LogP contribution in [-0.4, -0.2) is 37.9 Å². The van der Waals surface area contributed by atoms with Gasteiger partial charge >= 0.3 is 6.03 Å². The Labute approximate surface area is 122 Å². The van der Waals surface area contributed by atoms with Gasteiger partial charge in [0.15, 0.2) is 0 Å². The molecule has 1 aliphatic heterocycles.